The van der Waals surface area contributed by atoms with E-state index in [1.807, 2.05) is 0 Å². The molecule has 0 spiro atoms. The van der Waals surface area contributed by atoms with E-state index in [0.29, 0.717) is 0 Å². The molecule has 0 aromatic carbocycles. The van der Waals surface area contributed by atoms with Crippen molar-refractivity contribution in [3.63, 3.8) is 0 Å². The highest BCUT2D eigenvalue weighted by atomic mass is 16.5. The Bertz CT molecular complexity index is 75.5. The molecule has 1 aliphatic carbocycles. The van der Waals surface area contributed by atoms with Crippen LogP contribution in [0.25, 0.3) is 0 Å². The van der Waals surface area contributed by atoms with Crippen molar-refractivity contribution in [1.82, 2.24) is 0 Å². The van der Waals surface area contributed by atoms with Crippen LogP contribution in [0.4, 0.5) is 0 Å². The van der Waals surface area contributed by atoms with Gasteiger partial charge in [0, 0.05) is 0 Å². The van der Waals surface area contributed by atoms with Gasteiger partial charge in [0.05, 0.1) is 12.5 Å². The number of rotatable bonds is 2. The van der Waals surface area contributed by atoms with Gasteiger partial charge in [-0.05, 0) is 0 Å². The summed E-state index contributed by atoms with van der Waals surface area (Å²) in [6.07, 6.45) is 11.6. The average molecular weight is 154 g/mol. The molecule has 64 valence electrons. The second-order valence-electron chi connectivity index (χ2n) is 2.59. The van der Waals surface area contributed by atoms with Gasteiger partial charge in [0.25, 0.3) is 0 Å². The number of hydrogen-bond acceptors (Lipinski definition) is 1. The van der Waals surface area contributed by atoms with Gasteiger partial charge in [-0.15, -0.1) is 0 Å². The van der Waals surface area contributed by atoms with E-state index in [9.17, 15) is 0 Å². The lowest BCUT2D eigenvalue weighted by molar-refractivity contribution is 0.406. The van der Waals surface area contributed by atoms with Gasteiger partial charge in [-0.25, -0.2) is 0 Å². The maximum Gasteiger partial charge on any atom is 0.0829 e. The summed E-state index contributed by atoms with van der Waals surface area (Å²) >= 11 is 0. The SMILES string of the molecule is C1CCCCC1.C=COC=C. The Morgan fingerprint density at radius 3 is 1.09 bits per heavy atom. The van der Waals surface area contributed by atoms with Crippen LogP contribution in [0, 0.1) is 0 Å². The van der Waals surface area contributed by atoms with E-state index in [0.717, 1.165) is 0 Å². The highest BCUT2D eigenvalue weighted by Gasteiger charge is 1.95. The molecule has 1 fully saturated rings. The fraction of sp³-hybridized carbons (Fsp3) is 0.600. The zero-order valence-electron chi connectivity index (χ0n) is 7.22. The molecular weight excluding hydrogens is 136 g/mol. The van der Waals surface area contributed by atoms with Crippen molar-refractivity contribution in [2.45, 2.75) is 38.5 Å². The smallest absolute Gasteiger partial charge is 0.0829 e. The van der Waals surface area contributed by atoms with E-state index in [2.05, 4.69) is 17.9 Å². The largest absolute Gasteiger partial charge is 0.474 e. The Kier molecular flexibility index (Phi) is 8.67. The molecule has 0 radical (unpaired) electrons. The predicted molar refractivity (Wildman–Crippen MR) is 49.2 cm³/mol. The number of ether oxygens (including phenoxy) is 1. The van der Waals surface area contributed by atoms with Crippen LogP contribution < -0.4 is 0 Å². The molecule has 1 rings (SSSR count). The second kappa shape index (κ2) is 9.28. The third-order valence-electron chi connectivity index (χ3n) is 1.69. The Hall–Kier alpha value is -0.720. The van der Waals surface area contributed by atoms with Gasteiger partial charge in [0.1, 0.15) is 0 Å². The van der Waals surface area contributed by atoms with E-state index in [4.69, 9.17) is 0 Å². The maximum atomic E-state index is 4.36. The standard InChI is InChI=1S/C6H12.C4H6O/c1-2-4-6-5-3-1;1-3-5-4-2/h1-6H2;3-4H,1-2H2. The summed E-state index contributed by atoms with van der Waals surface area (Å²) in [5.41, 5.74) is 0. The number of hydrogen-bond donors (Lipinski definition) is 0. The van der Waals surface area contributed by atoms with Crippen LogP contribution in [0.5, 0.6) is 0 Å². The summed E-state index contributed by atoms with van der Waals surface area (Å²) in [5.74, 6) is 0. The Labute approximate surface area is 69.8 Å². The van der Waals surface area contributed by atoms with Gasteiger partial charge >= 0.3 is 0 Å². The van der Waals surface area contributed by atoms with Crippen molar-refractivity contribution >= 4 is 0 Å². The Morgan fingerprint density at radius 2 is 1.00 bits per heavy atom. The molecule has 0 amide bonds. The van der Waals surface area contributed by atoms with Crippen molar-refractivity contribution in [3.8, 4) is 0 Å². The molecule has 1 heteroatoms. The van der Waals surface area contributed by atoms with Crippen LogP contribution in [0.2, 0.25) is 0 Å². The summed E-state index contributed by atoms with van der Waals surface area (Å²) in [6, 6.07) is 0. The lowest BCUT2D eigenvalue weighted by atomic mass is 10.0. The molecule has 11 heavy (non-hydrogen) atoms. The van der Waals surface area contributed by atoms with Crippen LogP contribution in [0.3, 0.4) is 0 Å². The van der Waals surface area contributed by atoms with Crippen LogP contribution >= 0.6 is 0 Å². The molecule has 0 unspecified atom stereocenters. The van der Waals surface area contributed by atoms with E-state index in [1.165, 1.54) is 51.0 Å². The van der Waals surface area contributed by atoms with Gasteiger partial charge < -0.3 is 4.74 Å². The molecule has 0 aromatic heterocycles. The maximum absolute atomic E-state index is 4.36. The average Bonchev–Trinajstić information content (AvgIpc) is 2.10. The first kappa shape index (κ1) is 10.3. The van der Waals surface area contributed by atoms with Crippen LogP contribution in [-0.4, -0.2) is 0 Å². The lowest BCUT2D eigenvalue weighted by Gasteiger charge is -2.05. The monoisotopic (exact) mass is 154 g/mol. The van der Waals surface area contributed by atoms with E-state index < -0.39 is 0 Å². The third-order valence-corrected chi connectivity index (χ3v) is 1.69. The van der Waals surface area contributed by atoms with Gasteiger partial charge in [-0.1, -0.05) is 51.7 Å². The summed E-state index contributed by atoms with van der Waals surface area (Å²) in [6.45, 7) is 6.51. The predicted octanol–water partition coefficient (Wildman–Crippen LogP) is 3.63. The minimum Gasteiger partial charge on any atom is -0.474 e. The van der Waals surface area contributed by atoms with Crippen LogP contribution in [0.1, 0.15) is 38.5 Å². The molecule has 0 bridgehead atoms. The first-order chi connectivity index (χ1) is 5.41. The van der Waals surface area contributed by atoms with Gasteiger partial charge in [0.15, 0.2) is 0 Å². The first-order valence-electron chi connectivity index (χ1n) is 4.29. The van der Waals surface area contributed by atoms with Crippen molar-refractivity contribution < 1.29 is 4.74 Å². The van der Waals surface area contributed by atoms with E-state index in [1.54, 1.807) is 0 Å². The van der Waals surface area contributed by atoms with Crippen LogP contribution in [-0.2, 0) is 4.74 Å². The van der Waals surface area contributed by atoms with Crippen molar-refractivity contribution in [2.24, 2.45) is 0 Å². The van der Waals surface area contributed by atoms with Gasteiger partial charge in [-0.2, -0.15) is 0 Å². The lowest BCUT2D eigenvalue weighted by Crippen LogP contribution is -1.85. The van der Waals surface area contributed by atoms with E-state index in [-0.39, 0.29) is 0 Å². The fourth-order valence-electron chi connectivity index (χ4n) is 1.13. The minimum atomic E-state index is 1.31. The topological polar surface area (TPSA) is 9.23 Å². The van der Waals surface area contributed by atoms with Gasteiger partial charge in [-0.3, -0.25) is 0 Å². The van der Waals surface area contributed by atoms with Crippen molar-refractivity contribution in [2.75, 3.05) is 0 Å². The summed E-state index contributed by atoms with van der Waals surface area (Å²) in [5, 5.41) is 0. The normalized spacial score (nSPS) is 15.6. The molecule has 0 N–H and O–H groups in total. The molecule has 1 saturated carbocycles. The Morgan fingerprint density at radius 1 is 0.727 bits per heavy atom. The van der Waals surface area contributed by atoms with Crippen molar-refractivity contribution in [3.05, 3.63) is 25.7 Å². The summed E-state index contributed by atoms with van der Waals surface area (Å²) in [7, 11) is 0. The molecule has 0 saturated heterocycles. The molecule has 1 aliphatic rings. The summed E-state index contributed by atoms with van der Waals surface area (Å²) in [4.78, 5) is 0. The second-order valence-corrected chi connectivity index (χ2v) is 2.59. The molecular formula is C10H18O. The zero-order chi connectivity index (χ0) is 8.36. The molecule has 1 nitrogen and oxygen atoms in total. The zero-order valence-corrected chi connectivity index (χ0v) is 7.22. The highest BCUT2D eigenvalue weighted by Crippen LogP contribution is 2.15. The quantitative estimate of drug-likeness (QED) is 0.552. The van der Waals surface area contributed by atoms with Gasteiger partial charge in [0.2, 0.25) is 0 Å². The first-order valence-corrected chi connectivity index (χ1v) is 4.29. The third kappa shape index (κ3) is 9.28. The molecule has 0 aliphatic heterocycles. The molecule has 0 atom stereocenters. The molecule has 0 aromatic rings. The van der Waals surface area contributed by atoms with Crippen LogP contribution in [0.15, 0.2) is 25.7 Å². The minimum absolute atomic E-state index is 1.31. The Balaban J connectivity index is 0.000000187. The van der Waals surface area contributed by atoms with E-state index >= 15 is 0 Å². The van der Waals surface area contributed by atoms with Crippen molar-refractivity contribution in [1.29, 1.82) is 0 Å². The fourth-order valence-corrected chi connectivity index (χ4v) is 1.13. The summed E-state index contributed by atoms with van der Waals surface area (Å²) < 4.78 is 4.36. The molecule has 0 heterocycles. The highest BCUT2D eigenvalue weighted by molar-refractivity contribution is 4.57.